The van der Waals surface area contributed by atoms with Crippen LogP contribution in [0.15, 0.2) is 48.7 Å². The van der Waals surface area contributed by atoms with Crippen LogP contribution < -0.4 is 19.5 Å². The molecule has 2 N–H and O–H groups in total. The van der Waals surface area contributed by atoms with Gasteiger partial charge in [-0.15, -0.1) is 0 Å². The number of carbonyl (C=O) groups is 1. The molecule has 1 amide bonds. The average molecular weight is 356 g/mol. The molecular formula is C20H28N4O2+2. The Balaban J connectivity index is 1.47. The molecule has 0 saturated carbocycles. The second-order valence-corrected chi connectivity index (χ2v) is 6.76. The number of benzene rings is 1. The van der Waals surface area contributed by atoms with E-state index in [4.69, 9.17) is 4.74 Å². The fourth-order valence-electron chi connectivity index (χ4n) is 3.30. The summed E-state index contributed by atoms with van der Waals surface area (Å²) in [7, 11) is 3.53. The lowest BCUT2D eigenvalue weighted by Gasteiger charge is -2.29. The molecule has 6 nitrogen and oxygen atoms in total. The fourth-order valence-corrected chi connectivity index (χ4v) is 3.30. The Morgan fingerprint density at radius 2 is 2.04 bits per heavy atom. The van der Waals surface area contributed by atoms with Crippen LogP contribution in [0.5, 0.6) is 5.75 Å². The van der Waals surface area contributed by atoms with Crippen LogP contribution in [0.2, 0.25) is 0 Å². The zero-order valence-electron chi connectivity index (χ0n) is 15.6. The first kappa shape index (κ1) is 18.2. The molecule has 26 heavy (non-hydrogen) atoms. The first-order valence-electron chi connectivity index (χ1n) is 9.08. The van der Waals surface area contributed by atoms with Crippen LogP contribution in [0.3, 0.4) is 0 Å². The van der Waals surface area contributed by atoms with Gasteiger partial charge in [0.25, 0.3) is 11.7 Å². The van der Waals surface area contributed by atoms with E-state index in [0.29, 0.717) is 13.1 Å². The normalized spacial score (nSPS) is 14.9. The van der Waals surface area contributed by atoms with E-state index in [0.717, 1.165) is 43.3 Å². The molecule has 0 aliphatic carbocycles. The Morgan fingerprint density at radius 1 is 1.23 bits per heavy atom. The molecule has 1 aliphatic rings. The number of nitrogens with one attached hydrogen (secondary N) is 2. The van der Waals surface area contributed by atoms with Crippen molar-refractivity contribution in [3.63, 3.8) is 0 Å². The standard InChI is InChI=1S/C20H26N4O2/c1-22(15-17-6-5-7-18(14-17)26-2)20(25)16-23-10-12-24(13-11-23)19-8-3-4-9-21-19/h3-9,14H,10-13,15-16H2,1-2H3/p+2. The van der Waals surface area contributed by atoms with Crippen LogP contribution in [0.1, 0.15) is 5.56 Å². The topological polar surface area (TPSA) is 51.4 Å². The van der Waals surface area contributed by atoms with Gasteiger partial charge in [-0.3, -0.25) is 9.69 Å². The highest BCUT2D eigenvalue weighted by Crippen LogP contribution is 2.13. The second-order valence-electron chi connectivity index (χ2n) is 6.76. The summed E-state index contributed by atoms with van der Waals surface area (Å²) in [6, 6.07) is 14.0. The fraction of sp³-hybridized carbons (Fsp3) is 0.400. The lowest BCUT2D eigenvalue weighted by molar-refractivity contribution is -0.892. The number of amides is 1. The summed E-state index contributed by atoms with van der Waals surface area (Å²) in [5, 5.41) is 0. The van der Waals surface area contributed by atoms with Crippen LogP contribution in [0, 0.1) is 0 Å². The Bertz CT molecular complexity index is 715. The van der Waals surface area contributed by atoms with Gasteiger partial charge in [0, 0.05) is 19.7 Å². The number of aromatic amines is 1. The number of carbonyl (C=O) groups excluding carboxylic acids is 1. The average Bonchev–Trinajstić information content (AvgIpc) is 2.69. The maximum atomic E-state index is 12.6. The number of H-pyrrole nitrogens is 1. The molecule has 0 bridgehead atoms. The number of piperazine rings is 1. The monoisotopic (exact) mass is 356 g/mol. The number of methoxy groups -OCH3 is 1. The smallest absolute Gasteiger partial charge is 0.277 e. The third kappa shape index (κ3) is 4.73. The summed E-state index contributed by atoms with van der Waals surface area (Å²) in [5.41, 5.74) is 1.08. The molecule has 0 unspecified atom stereocenters. The molecule has 3 rings (SSSR count). The Morgan fingerprint density at radius 3 is 2.73 bits per heavy atom. The Kier molecular flexibility index (Phi) is 6.07. The van der Waals surface area contributed by atoms with Crippen molar-refractivity contribution in [2.24, 2.45) is 0 Å². The number of aromatic nitrogens is 1. The maximum absolute atomic E-state index is 12.6. The quantitative estimate of drug-likeness (QED) is 0.785. The van der Waals surface area contributed by atoms with E-state index in [9.17, 15) is 4.79 Å². The molecule has 6 heteroatoms. The molecule has 0 radical (unpaired) electrons. The third-order valence-electron chi connectivity index (χ3n) is 4.88. The number of nitrogens with zero attached hydrogens (tertiary/aromatic N) is 2. The van der Waals surface area contributed by atoms with Crippen molar-refractivity contribution in [1.82, 2.24) is 4.90 Å². The van der Waals surface area contributed by atoms with Gasteiger partial charge < -0.3 is 14.5 Å². The first-order valence-corrected chi connectivity index (χ1v) is 9.08. The zero-order valence-corrected chi connectivity index (χ0v) is 15.6. The Hall–Kier alpha value is -2.60. The number of ether oxygens (including phenoxy) is 1. The summed E-state index contributed by atoms with van der Waals surface area (Å²) < 4.78 is 5.25. The molecule has 1 aromatic carbocycles. The largest absolute Gasteiger partial charge is 0.497 e. The molecule has 1 saturated heterocycles. The molecule has 1 aromatic heterocycles. The van der Waals surface area contributed by atoms with Gasteiger partial charge in [-0.2, -0.15) is 0 Å². The van der Waals surface area contributed by atoms with E-state index in [2.05, 4.69) is 16.0 Å². The van der Waals surface area contributed by atoms with E-state index in [1.807, 2.05) is 49.6 Å². The van der Waals surface area contributed by atoms with Gasteiger partial charge in [0.05, 0.1) is 13.3 Å². The number of likely N-dealkylation sites (N-methyl/N-ethyl adjacent to an activating group) is 1. The predicted molar refractivity (Wildman–Crippen MR) is 100 cm³/mol. The number of pyridine rings is 1. The van der Waals surface area contributed by atoms with Crippen molar-refractivity contribution in [1.29, 1.82) is 0 Å². The van der Waals surface area contributed by atoms with Gasteiger partial charge in [0.15, 0.2) is 6.54 Å². The van der Waals surface area contributed by atoms with E-state index in [1.165, 1.54) is 4.90 Å². The molecule has 1 fully saturated rings. The van der Waals surface area contributed by atoms with Crippen LogP contribution >= 0.6 is 0 Å². The van der Waals surface area contributed by atoms with Gasteiger partial charge in [0.2, 0.25) is 0 Å². The minimum Gasteiger partial charge on any atom is -0.497 e. The molecule has 2 heterocycles. The summed E-state index contributed by atoms with van der Waals surface area (Å²) in [6.45, 7) is 5.02. The summed E-state index contributed by atoms with van der Waals surface area (Å²) >= 11 is 0. The van der Waals surface area contributed by atoms with Gasteiger partial charge in [-0.25, -0.2) is 4.98 Å². The molecule has 1 aliphatic heterocycles. The SMILES string of the molecule is COc1cccc(CN(C)C(=O)C[NH+]2CCN(c3cccc[nH+]3)CC2)c1. The Labute approximate surface area is 155 Å². The predicted octanol–water partition coefficient (Wildman–Crippen LogP) is -0.127. The third-order valence-corrected chi connectivity index (χ3v) is 4.88. The lowest BCUT2D eigenvalue weighted by atomic mass is 10.2. The van der Waals surface area contributed by atoms with Gasteiger partial charge >= 0.3 is 0 Å². The van der Waals surface area contributed by atoms with Crippen LogP contribution in [0.4, 0.5) is 5.82 Å². The van der Waals surface area contributed by atoms with E-state index in [1.54, 1.807) is 12.0 Å². The van der Waals surface area contributed by atoms with Crippen molar-refractivity contribution in [2.45, 2.75) is 6.54 Å². The highest BCUT2D eigenvalue weighted by Gasteiger charge is 2.28. The molecule has 138 valence electrons. The van der Waals surface area contributed by atoms with E-state index < -0.39 is 0 Å². The first-order chi connectivity index (χ1) is 12.7. The second kappa shape index (κ2) is 8.67. The molecular weight excluding hydrogens is 328 g/mol. The van der Waals surface area contributed by atoms with E-state index >= 15 is 0 Å². The summed E-state index contributed by atoms with van der Waals surface area (Å²) in [6.07, 6.45) is 1.95. The highest BCUT2D eigenvalue weighted by molar-refractivity contribution is 5.76. The van der Waals surface area contributed by atoms with Crippen molar-refractivity contribution in [3.05, 3.63) is 54.2 Å². The minimum atomic E-state index is 0.183. The molecule has 0 spiro atoms. The van der Waals surface area contributed by atoms with Gasteiger partial charge in [0.1, 0.15) is 31.9 Å². The summed E-state index contributed by atoms with van der Waals surface area (Å²) in [5.74, 6) is 2.15. The number of quaternary nitrogens is 1. The van der Waals surface area contributed by atoms with Crippen molar-refractivity contribution in [2.75, 3.05) is 51.8 Å². The number of rotatable bonds is 6. The van der Waals surface area contributed by atoms with E-state index in [-0.39, 0.29) is 5.91 Å². The maximum Gasteiger partial charge on any atom is 0.277 e. The van der Waals surface area contributed by atoms with Crippen molar-refractivity contribution in [3.8, 4) is 5.75 Å². The van der Waals surface area contributed by atoms with Gasteiger partial charge in [-0.05, 0) is 23.8 Å². The summed E-state index contributed by atoms with van der Waals surface area (Å²) in [4.78, 5) is 21.3. The zero-order chi connectivity index (χ0) is 18.4. The van der Waals surface area contributed by atoms with Crippen LogP contribution in [0.25, 0.3) is 0 Å². The minimum absolute atomic E-state index is 0.183. The van der Waals surface area contributed by atoms with Crippen molar-refractivity contribution < 1.29 is 19.4 Å². The van der Waals surface area contributed by atoms with Crippen LogP contribution in [-0.2, 0) is 11.3 Å². The number of hydrogen-bond acceptors (Lipinski definition) is 3. The van der Waals surface area contributed by atoms with Crippen molar-refractivity contribution >= 4 is 11.7 Å². The number of anilines is 1. The lowest BCUT2D eigenvalue weighted by Crippen LogP contribution is -3.15. The van der Waals surface area contributed by atoms with Crippen LogP contribution in [-0.4, -0.2) is 57.7 Å². The highest BCUT2D eigenvalue weighted by atomic mass is 16.5. The number of hydrogen-bond donors (Lipinski definition) is 1. The molecule has 0 atom stereocenters. The van der Waals surface area contributed by atoms with Gasteiger partial charge in [-0.1, -0.05) is 18.2 Å². The molecule has 2 aromatic rings.